The van der Waals surface area contributed by atoms with Crippen LogP contribution in [0.3, 0.4) is 0 Å². The van der Waals surface area contributed by atoms with Crippen LogP contribution in [0.5, 0.6) is 0 Å². The number of aliphatic imine (C=N–C) groups is 1. The Labute approximate surface area is 185 Å². The predicted molar refractivity (Wildman–Crippen MR) is 124 cm³/mol. The zero-order valence-electron chi connectivity index (χ0n) is 19.2. The van der Waals surface area contributed by atoms with Gasteiger partial charge >= 0.3 is 6.09 Å². The highest BCUT2D eigenvalue weighted by atomic mass is 16.6. The van der Waals surface area contributed by atoms with Gasteiger partial charge in [0.25, 0.3) is 0 Å². The molecule has 0 aromatic heterocycles. The van der Waals surface area contributed by atoms with Crippen molar-refractivity contribution in [1.82, 2.24) is 15.5 Å². The molecule has 0 spiro atoms. The number of benzene rings is 1. The van der Waals surface area contributed by atoms with E-state index in [9.17, 15) is 4.79 Å². The molecule has 1 aromatic rings. The summed E-state index contributed by atoms with van der Waals surface area (Å²) >= 11 is 0. The Balaban J connectivity index is 1.35. The first-order chi connectivity index (χ1) is 14.8. The monoisotopic (exact) mass is 431 g/mol. The molecule has 0 saturated carbocycles. The average molecular weight is 432 g/mol. The van der Waals surface area contributed by atoms with Gasteiger partial charge in [0.1, 0.15) is 5.60 Å². The second-order valence-electron chi connectivity index (χ2n) is 9.20. The fourth-order valence-electron chi connectivity index (χ4n) is 3.94. The van der Waals surface area contributed by atoms with E-state index in [1.54, 1.807) is 7.05 Å². The lowest BCUT2D eigenvalue weighted by molar-refractivity contribution is -0.0453. The molecule has 2 atom stereocenters. The molecule has 31 heavy (non-hydrogen) atoms. The minimum absolute atomic E-state index is 0.206. The third-order valence-corrected chi connectivity index (χ3v) is 5.49. The third-order valence-electron chi connectivity index (χ3n) is 5.49. The minimum atomic E-state index is -0.512. The molecule has 3 rings (SSSR count). The minimum Gasteiger partial charge on any atom is -0.444 e. The van der Waals surface area contributed by atoms with E-state index in [-0.39, 0.29) is 6.10 Å². The van der Waals surface area contributed by atoms with Gasteiger partial charge < -0.3 is 20.1 Å². The molecule has 0 aliphatic carbocycles. The lowest BCUT2D eigenvalue weighted by Crippen LogP contribution is -2.51. The fraction of sp³-hybridized carbons (Fsp3) is 0.652. The van der Waals surface area contributed by atoms with E-state index in [1.165, 1.54) is 24.9 Å². The van der Waals surface area contributed by atoms with E-state index >= 15 is 0 Å². The average Bonchev–Trinajstić information content (AvgIpc) is 3.18. The van der Waals surface area contributed by atoms with Crippen LogP contribution in [-0.2, 0) is 15.9 Å². The van der Waals surface area contributed by atoms with Crippen LogP contribution in [0.15, 0.2) is 29.3 Å². The zero-order valence-corrected chi connectivity index (χ0v) is 19.2. The van der Waals surface area contributed by atoms with Gasteiger partial charge in [-0.2, -0.15) is 0 Å². The van der Waals surface area contributed by atoms with E-state index < -0.39 is 11.7 Å². The number of carbonyl (C=O) groups is 1. The van der Waals surface area contributed by atoms with Crippen LogP contribution in [0.4, 0.5) is 10.5 Å². The first kappa shape index (κ1) is 23.3. The molecule has 1 aromatic carbocycles. The van der Waals surface area contributed by atoms with Gasteiger partial charge in [0.2, 0.25) is 0 Å². The molecule has 1 amide bonds. The summed E-state index contributed by atoms with van der Waals surface area (Å²) in [6.07, 6.45) is 3.16. The molecular weight excluding hydrogens is 394 g/mol. The number of anilines is 1. The molecule has 2 aliphatic heterocycles. The smallest absolute Gasteiger partial charge is 0.412 e. The first-order valence-electron chi connectivity index (χ1n) is 11.2. The van der Waals surface area contributed by atoms with Crippen molar-refractivity contribution in [3.05, 3.63) is 29.8 Å². The van der Waals surface area contributed by atoms with Crippen molar-refractivity contribution >= 4 is 17.7 Å². The summed E-state index contributed by atoms with van der Waals surface area (Å²) in [5, 5.41) is 9.49. The van der Waals surface area contributed by atoms with Gasteiger partial charge in [0, 0.05) is 38.4 Å². The van der Waals surface area contributed by atoms with Gasteiger partial charge in [-0.15, -0.1) is 0 Å². The van der Waals surface area contributed by atoms with Gasteiger partial charge in [0.05, 0.1) is 12.7 Å². The SMILES string of the molecule is CN=C(NCCc1ccc(NC(=O)OC(C)(C)C)cc1)NCC1CN2CCCC2CO1. The summed E-state index contributed by atoms with van der Waals surface area (Å²) < 4.78 is 11.3. The van der Waals surface area contributed by atoms with Crippen molar-refractivity contribution in [3.63, 3.8) is 0 Å². The number of nitrogens with zero attached hydrogens (tertiary/aromatic N) is 2. The standard InChI is InChI=1S/C23H37N5O3/c1-23(2,3)31-22(29)27-18-9-7-17(8-10-18)11-12-25-21(24-4)26-14-20-15-28-13-5-6-19(28)16-30-20/h7-10,19-20H,5-6,11-16H2,1-4H3,(H,27,29)(H2,24,25,26). The summed E-state index contributed by atoms with van der Waals surface area (Å²) in [6.45, 7) is 10.1. The molecule has 8 nitrogen and oxygen atoms in total. The van der Waals surface area contributed by atoms with Crippen LogP contribution in [0.25, 0.3) is 0 Å². The number of hydrogen-bond acceptors (Lipinski definition) is 5. The van der Waals surface area contributed by atoms with E-state index in [1.807, 2.05) is 45.0 Å². The van der Waals surface area contributed by atoms with E-state index in [2.05, 4.69) is 25.8 Å². The second kappa shape index (κ2) is 10.8. The van der Waals surface area contributed by atoms with E-state index in [0.717, 1.165) is 44.3 Å². The van der Waals surface area contributed by atoms with Crippen molar-refractivity contribution < 1.29 is 14.3 Å². The van der Waals surface area contributed by atoms with Crippen LogP contribution in [-0.4, -0.2) is 74.5 Å². The predicted octanol–water partition coefficient (Wildman–Crippen LogP) is 2.60. The highest BCUT2D eigenvalue weighted by Gasteiger charge is 2.32. The van der Waals surface area contributed by atoms with Gasteiger partial charge in [-0.3, -0.25) is 15.2 Å². The molecule has 0 radical (unpaired) electrons. The van der Waals surface area contributed by atoms with Crippen LogP contribution >= 0.6 is 0 Å². The van der Waals surface area contributed by atoms with Gasteiger partial charge in [-0.1, -0.05) is 12.1 Å². The molecule has 2 unspecified atom stereocenters. The molecule has 2 saturated heterocycles. The van der Waals surface area contributed by atoms with Crippen molar-refractivity contribution in [3.8, 4) is 0 Å². The number of hydrogen-bond donors (Lipinski definition) is 3. The van der Waals surface area contributed by atoms with E-state index in [0.29, 0.717) is 6.04 Å². The topological polar surface area (TPSA) is 87.2 Å². The van der Waals surface area contributed by atoms with Crippen LogP contribution < -0.4 is 16.0 Å². The van der Waals surface area contributed by atoms with Crippen LogP contribution in [0.1, 0.15) is 39.2 Å². The fourth-order valence-corrected chi connectivity index (χ4v) is 3.94. The van der Waals surface area contributed by atoms with Gasteiger partial charge in [-0.05, 0) is 64.3 Å². The Morgan fingerprint density at radius 1 is 1.26 bits per heavy atom. The van der Waals surface area contributed by atoms with Gasteiger partial charge in [0.15, 0.2) is 5.96 Å². The molecule has 3 N–H and O–H groups in total. The summed E-state index contributed by atoms with van der Waals surface area (Å²) in [4.78, 5) is 18.7. The number of rotatable bonds is 6. The van der Waals surface area contributed by atoms with Crippen molar-refractivity contribution in [2.24, 2.45) is 4.99 Å². The number of ether oxygens (including phenoxy) is 2. The molecule has 172 valence electrons. The maximum absolute atomic E-state index is 11.8. The molecule has 0 bridgehead atoms. The Hall–Kier alpha value is -2.32. The molecular formula is C23H37N5O3. The molecule has 8 heteroatoms. The largest absolute Gasteiger partial charge is 0.444 e. The van der Waals surface area contributed by atoms with Crippen molar-refractivity contribution in [2.75, 3.05) is 45.2 Å². The summed E-state index contributed by atoms with van der Waals surface area (Å²) in [5.74, 6) is 0.787. The highest BCUT2D eigenvalue weighted by molar-refractivity contribution is 5.84. The number of morpholine rings is 1. The summed E-state index contributed by atoms with van der Waals surface area (Å²) in [6, 6.07) is 8.41. The zero-order chi connectivity index (χ0) is 22.3. The normalized spacial score (nSPS) is 22.0. The Kier molecular flexibility index (Phi) is 8.15. The number of carbonyl (C=O) groups excluding carboxylic acids is 1. The number of nitrogens with one attached hydrogen (secondary N) is 3. The van der Waals surface area contributed by atoms with Crippen molar-refractivity contribution in [1.29, 1.82) is 0 Å². The Bertz CT molecular complexity index is 745. The van der Waals surface area contributed by atoms with Crippen LogP contribution in [0.2, 0.25) is 0 Å². The lowest BCUT2D eigenvalue weighted by Gasteiger charge is -2.35. The maximum atomic E-state index is 11.8. The Morgan fingerprint density at radius 3 is 2.74 bits per heavy atom. The van der Waals surface area contributed by atoms with E-state index in [4.69, 9.17) is 9.47 Å². The first-order valence-corrected chi connectivity index (χ1v) is 11.2. The van der Waals surface area contributed by atoms with Crippen LogP contribution in [0, 0.1) is 0 Å². The molecule has 2 aliphatic rings. The van der Waals surface area contributed by atoms with Gasteiger partial charge in [-0.25, -0.2) is 4.79 Å². The second-order valence-corrected chi connectivity index (χ2v) is 9.20. The maximum Gasteiger partial charge on any atom is 0.412 e. The lowest BCUT2D eigenvalue weighted by atomic mass is 10.1. The highest BCUT2D eigenvalue weighted by Crippen LogP contribution is 2.22. The third kappa shape index (κ3) is 7.70. The van der Waals surface area contributed by atoms with Crippen molar-refractivity contribution in [2.45, 2.75) is 57.8 Å². The quantitative estimate of drug-likeness (QED) is 0.474. The number of fused-ring (bicyclic) bond motifs is 1. The number of guanidine groups is 1. The summed E-state index contributed by atoms with van der Waals surface area (Å²) in [5.41, 5.74) is 1.38. The number of amides is 1. The summed E-state index contributed by atoms with van der Waals surface area (Å²) in [7, 11) is 1.78. The molecule has 2 fully saturated rings. The Morgan fingerprint density at radius 2 is 2.03 bits per heavy atom. The molecule has 2 heterocycles.